The topological polar surface area (TPSA) is 55.6 Å². The highest BCUT2D eigenvalue weighted by atomic mass is 16.6. The van der Waals surface area contributed by atoms with E-state index in [1.807, 2.05) is 0 Å². The zero-order chi connectivity index (χ0) is 17.8. The van der Waals surface area contributed by atoms with E-state index in [0.717, 1.165) is 24.3 Å². The number of hydrogen-bond acceptors (Lipinski definition) is 4. The molecule has 0 bridgehead atoms. The summed E-state index contributed by atoms with van der Waals surface area (Å²) in [5.74, 6) is 0. The number of ether oxygens (including phenoxy) is 1. The van der Waals surface area contributed by atoms with Gasteiger partial charge in [0.05, 0.1) is 29.0 Å². The normalized spacial score (nSPS) is 37.7. The smallest absolute Gasteiger partial charge is 0.269 e. The first kappa shape index (κ1) is 4.09. The molecule has 5 heteroatoms. The van der Waals surface area contributed by atoms with Crippen molar-refractivity contribution in [2.24, 2.45) is 0 Å². The Labute approximate surface area is 98.7 Å². The van der Waals surface area contributed by atoms with Crippen LogP contribution < -0.4 is 4.90 Å². The van der Waals surface area contributed by atoms with Crippen LogP contribution in [0.4, 0.5) is 11.4 Å². The molecule has 15 heavy (non-hydrogen) atoms. The lowest BCUT2D eigenvalue weighted by molar-refractivity contribution is -0.384. The number of non-ortho nitro benzene ring substituents is 1. The van der Waals surface area contributed by atoms with Crippen molar-refractivity contribution in [2.75, 3.05) is 31.0 Å². The summed E-state index contributed by atoms with van der Waals surface area (Å²) in [7, 11) is 0. The molecular formula is C10H12N2O3. The second-order valence-corrected chi connectivity index (χ2v) is 2.64. The van der Waals surface area contributed by atoms with E-state index in [2.05, 4.69) is 4.74 Å². The molecule has 0 N–H and O–H groups in total. The van der Waals surface area contributed by atoms with Crippen molar-refractivity contribution < 1.29 is 20.6 Å². The molecule has 1 fully saturated rings. The number of nitrogens with zero attached hydrogens (tertiary/aromatic N) is 2. The molecule has 1 heterocycles. The Balaban J connectivity index is 2.61. The minimum absolute atomic E-state index is 0.257. The highest BCUT2D eigenvalue weighted by Crippen LogP contribution is 2.19. The van der Waals surface area contributed by atoms with Gasteiger partial charge in [0.2, 0.25) is 0 Å². The van der Waals surface area contributed by atoms with Crippen molar-refractivity contribution in [3.63, 3.8) is 0 Å². The second-order valence-electron chi connectivity index (χ2n) is 2.64. The van der Waals surface area contributed by atoms with Crippen LogP contribution in [0.1, 0.15) is 11.0 Å². The Hall–Kier alpha value is -1.62. The lowest BCUT2D eigenvalue weighted by Gasteiger charge is -2.28. The summed E-state index contributed by atoms with van der Waals surface area (Å²) in [5.41, 5.74) is -0.587. The molecule has 1 aliphatic heterocycles. The van der Waals surface area contributed by atoms with Gasteiger partial charge < -0.3 is 9.64 Å². The van der Waals surface area contributed by atoms with E-state index < -0.39 is 31.0 Å². The van der Waals surface area contributed by atoms with Crippen LogP contribution in [0.5, 0.6) is 0 Å². The molecule has 0 amide bonds. The van der Waals surface area contributed by atoms with Gasteiger partial charge in [-0.3, -0.25) is 10.1 Å². The molecule has 1 aromatic carbocycles. The monoisotopic (exact) mass is 216 g/mol. The molecule has 0 aromatic heterocycles. The predicted octanol–water partition coefficient (Wildman–Crippen LogP) is 1.43. The van der Waals surface area contributed by atoms with Gasteiger partial charge in [0.25, 0.3) is 5.69 Å². The number of anilines is 1. The van der Waals surface area contributed by atoms with Gasteiger partial charge in [-0.15, -0.1) is 0 Å². The molecule has 0 aliphatic carbocycles. The molecule has 2 rings (SSSR count). The van der Waals surface area contributed by atoms with E-state index in [9.17, 15) is 10.1 Å². The Kier molecular flexibility index (Phi) is 1.17. The third kappa shape index (κ3) is 2.24. The quantitative estimate of drug-likeness (QED) is 0.554. The summed E-state index contributed by atoms with van der Waals surface area (Å²) < 4.78 is 66.0. The maximum Gasteiger partial charge on any atom is 0.269 e. The van der Waals surface area contributed by atoms with Gasteiger partial charge in [-0.25, -0.2) is 0 Å². The van der Waals surface area contributed by atoms with Crippen molar-refractivity contribution in [2.45, 2.75) is 0 Å². The lowest BCUT2D eigenvalue weighted by atomic mass is 10.2. The zero-order valence-electron chi connectivity index (χ0n) is 15.4. The van der Waals surface area contributed by atoms with Gasteiger partial charge in [-0.05, 0) is 12.1 Å². The van der Waals surface area contributed by atoms with Gasteiger partial charge in [0.1, 0.15) is 0 Å². The minimum atomic E-state index is -3.16. The first-order valence-electron chi connectivity index (χ1n) is 7.99. The second kappa shape index (κ2) is 4.27. The predicted molar refractivity (Wildman–Crippen MR) is 56.1 cm³/mol. The van der Waals surface area contributed by atoms with Crippen molar-refractivity contribution in [1.29, 1.82) is 0 Å². The lowest BCUT2D eigenvalue weighted by Crippen LogP contribution is -2.36. The summed E-state index contributed by atoms with van der Waals surface area (Å²) in [6.45, 7) is -12.5. The number of hydrogen-bond donors (Lipinski definition) is 0. The maximum absolute atomic E-state index is 10.7. The van der Waals surface area contributed by atoms with Gasteiger partial charge in [0, 0.05) is 30.8 Å². The Morgan fingerprint density at radius 3 is 2.47 bits per heavy atom. The molecule has 0 radical (unpaired) electrons. The van der Waals surface area contributed by atoms with Crippen LogP contribution in [0.15, 0.2) is 24.3 Å². The molecule has 1 saturated heterocycles. The summed E-state index contributed by atoms with van der Waals surface area (Å²) in [6, 6.07) is 4.01. The number of morpholine rings is 1. The van der Waals surface area contributed by atoms with Gasteiger partial charge in [-0.2, -0.15) is 0 Å². The maximum atomic E-state index is 10.7. The molecule has 1 aliphatic rings. The van der Waals surface area contributed by atoms with Crippen molar-refractivity contribution in [3.8, 4) is 0 Å². The van der Waals surface area contributed by atoms with Crippen molar-refractivity contribution in [1.82, 2.24) is 0 Å². The summed E-state index contributed by atoms with van der Waals surface area (Å²) >= 11 is 0. The summed E-state index contributed by atoms with van der Waals surface area (Å²) in [4.78, 5) is 10.2. The Morgan fingerprint density at radius 1 is 1.33 bits per heavy atom. The van der Waals surface area contributed by atoms with Gasteiger partial charge >= 0.3 is 0 Å². The van der Waals surface area contributed by atoms with Gasteiger partial charge in [-0.1, -0.05) is 0 Å². The van der Waals surface area contributed by atoms with E-state index in [1.54, 1.807) is 0 Å². The average molecular weight is 216 g/mol. The molecule has 0 spiro atoms. The van der Waals surface area contributed by atoms with Crippen LogP contribution in [0, 0.1) is 10.1 Å². The van der Waals surface area contributed by atoms with E-state index in [1.165, 1.54) is 0 Å². The SMILES string of the molecule is [2H]C1([2H])OC([2H])([2H])C([2H])([2H])N(c2ccc([N+](=O)[O-])cc2)C1([2H])[2H]. The standard InChI is InChI=1S/C10H12N2O3/c13-12(14)10-3-1-9(2-4-10)11-5-7-15-8-6-11/h1-4H,5-8H2/i5D2,6D2,7D2,8D2. The number of nitro benzene ring substituents is 1. The molecule has 80 valence electrons. The summed E-state index contributed by atoms with van der Waals surface area (Å²) in [6.07, 6.45) is 0. The van der Waals surface area contributed by atoms with E-state index in [-0.39, 0.29) is 16.3 Å². The van der Waals surface area contributed by atoms with E-state index >= 15 is 0 Å². The van der Waals surface area contributed by atoms with Gasteiger partial charge in [0.15, 0.2) is 0 Å². The molecule has 1 aromatic rings. The minimum Gasteiger partial charge on any atom is -0.378 e. The third-order valence-electron chi connectivity index (χ3n) is 1.74. The highest BCUT2D eigenvalue weighted by molar-refractivity contribution is 5.51. The van der Waals surface area contributed by atoms with Crippen LogP contribution in [0.2, 0.25) is 0 Å². The van der Waals surface area contributed by atoms with Crippen LogP contribution in [0.25, 0.3) is 0 Å². The number of rotatable bonds is 2. The fourth-order valence-electron chi connectivity index (χ4n) is 1.04. The zero-order valence-corrected chi connectivity index (χ0v) is 7.43. The van der Waals surface area contributed by atoms with Crippen LogP contribution in [0.3, 0.4) is 0 Å². The Bertz CT molecular complexity index is 607. The number of nitro groups is 1. The Morgan fingerprint density at radius 2 is 1.93 bits per heavy atom. The molecule has 0 atom stereocenters. The fourth-order valence-corrected chi connectivity index (χ4v) is 1.04. The van der Waals surface area contributed by atoms with Crippen LogP contribution in [-0.4, -0.2) is 31.0 Å². The van der Waals surface area contributed by atoms with E-state index in [4.69, 9.17) is 11.0 Å². The third-order valence-corrected chi connectivity index (χ3v) is 1.74. The first-order valence-corrected chi connectivity index (χ1v) is 3.99. The molecule has 0 unspecified atom stereocenters. The van der Waals surface area contributed by atoms with Crippen LogP contribution >= 0.6 is 0 Å². The molecule has 0 saturated carbocycles. The largest absolute Gasteiger partial charge is 0.378 e. The highest BCUT2D eigenvalue weighted by Gasteiger charge is 2.12. The van der Waals surface area contributed by atoms with E-state index in [0.29, 0.717) is 0 Å². The summed E-state index contributed by atoms with van der Waals surface area (Å²) in [5, 5.41) is 10.7. The van der Waals surface area contributed by atoms with Crippen molar-refractivity contribution in [3.05, 3.63) is 34.4 Å². The number of benzene rings is 1. The van der Waals surface area contributed by atoms with Crippen LogP contribution in [-0.2, 0) is 4.74 Å². The molecule has 5 nitrogen and oxygen atoms in total. The fraction of sp³-hybridized carbons (Fsp3) is 0.400. The molecular weight excluding hydrogens is 196 g/mol. The average Bonchev–Trinajstić information content (AvgIpc) is 2.36. The van der Waals surface area contributed by atoms with Crippen molar-refractivity contribution >= 4 is 11.4 Å². The first-order chi connectivity index (χ1) is 10.2.